The van der Waals surface area contributed by atoms with Crippen molar-refractivity contribution in [2.45, 2.75) is 18.9 Å². The molecule has 0 saturated carbocycles. The van der Waals surface area contributed by atoms with Gasteiger partial charge in [0.05, 0.1) is 0 Å². The lowest BCUT2D eigenvalue weighted by Gasteiger charge is -2.34. The third-order valence-corrected chi connectivity index (χ3v) is 4.79. The minimum atomic E-state index is -0.889. The molecule has 2 aromatic rings. The highest BCUT2D eigenvalue weighted by molar-refractivity contribution is 5.95. The van der Waals surface area contributed by atoms with Crippen LogP contribution in [0.3, 0.4) is 0 Å². The highest BCUT2D eigenvalue weighted by Gasteiger charge is 2.26. The molecule has 1 saturated heterocycles. The van der Waals surface area contributed by atoms with Crippen LogP contribution in [0.2, 0.25) is 0 Å². The number of carbonyl (C=O) groups is 1. The van der Waals surface area contributed by atoms with Gasteiger partial charge in [0, 0.05) is 36.4 Å². The number of benzene rings is 2. The molecule has 1 atom stereocenters. The van der Waals surface area contributed by atoms with Crippen LogP contribution in [0.4, 0.5) is 14.5 Å². The van der Waals surface area contributed by atoms with E-state index in [9.17, 15) is 13.6 Å². The molecule has 2 aromatic carbocycles. The maximum absolute atomic E-state index is 13.4. The van der Waals surface area contributed by atoms with Gasteiger partial charge in [-0.2, -0.15) is 0 Å². The van der Waals surface area contributed by atoms with Crippen LogP contribution in [0.1, 0.15) is 23.2 Å². The van der Waals surface area contributed by atoms with E-state index in [1.54, 1.807) is 23.1 Å². The molecule has 2 heterocycles. The quantitative estimate of drug-likeness (QED) is 0.894. The molecule has 4 rings (SSSR count). The molecule has 7 heteroatoms. The molecule has 1 amide bonds. The number of rotatable bonds is 3. The number of fused-ring (bicyclic) bond motifs is 1. The van der Waals surface area contributed by atoms with Crippen molar-refractivity contribution >= 4 is 11.6 Å². The van der Waals surface area contributed by atoms with Gasteiger partial charge < -0.3 is 19.7 Å². The molecule has 5 nitrogen and oxygen atoms in total. The fraction of sp³-hybridized carbons (Fsp3) is 0.350. The van der Waals surface area contributed by atoms with Crippen LogP contribution in [0.25, 0.3) is 0 Å². The van der Waals surface area contributed by atoms with Gasteiger partial charge in [0.15, 0.2) is 23.1 Å². The number of halogens is 2. The van der Waals surface area contributed by atoms with Crippen LogP contribution in [-0.4, -0.2) is 43.2 Å². The van der Waals surface area contributed by atoms with Crippen LogP contribution >= 0.6 is 0 Å². The predicted molar refractivity (Wildman–Crippen MR) is 96.3 cm³/mol. The summed E-state index contributed by atoms with van der Waals surface area (Å²) in [5, 5.41) is 3.19. The van der Waals surface area contributed by atoms with Crippen molar-refractivity contribution in [1.29, 1.82) is 0 Å². The average molecular weight is 374 g/mol. The normalized spacial score (nSPS) is 18.9. The van der Waals surface area contributed by atoms with E-state index < -0.39 is 11.6 Å². The Labute approximate surface area is 155 Å². The summed E-state index contributed by atoms with van der Waals surface area (Å²) in [6.45, 7) is 2.12. The Morgan fingerprint density at radius 2 is 1.85 bits per heavy atom. The zero-order valence-electron chi connectivity index (χ0n) is 14.7. The maximum Gasteiger partial charge on any atom is 0.254 e. The van der Waals surface area contributed by atoms with Crippen LogP contribution < -0.4 is 14.8 Å². The molecule has 1 fully saturated rings. The van der Waals surface area contributed by atoms with Gasteiger partial charge in [0.2, 0.25) is 0 Å². The van der Waals surface area contributed by atoms with Crippen molar-refractivity contribution in [1.82, 2.24) is 4.90 Å². The van der Waals surface area contributed by atoms with Crippen molar-refractivity contribution < 1.29 is 23.0 Å². The fourth-order valence-electron chi connectivity index (χ4n) is 3.46. The van der Waals surface area contributed by atoms with E-state index in [1.807, 2.05) is 0 Å². The van der Waals surface area contributed by atoms with Crippen LogP contribution in [-0.2, 0) is 0 Å². The van der Waals surface area contributed by atoms with Crippen molar-refractivity contribution in [2.24, 2.45) is 0 Å². The van der Waals surface area contributed by atoms with Crippen molar-refractivity contribution in [2.75, 3.05) is 31.6 Å². The van der Waals surface area contributed by atoms with Crippen molar-refractivity contribution in [3.8, 4) is 11.5 Å². The molecular weight excluding hydrogens is 354 g/mol. The summed E-state index contributed by atoms with van der Waals surface area (Å²) >= 11 is 0. The second-order valence-electron chi connectivity index (χ2n) is 6.72. The van der Waals surface area contributed by atoms with Gasteiger partial charge in [0.1, 0.15) is 13.2 Å². The lowest BCUT2D eigenvalue weighted by Crippen LogP contribution is -2.45. The second kappa shape index (κ2) is 7.42. The van der Waals surface area contributed by atoms with Gasteiger partial charge in [-0.15, -0.1) is 0 Å². The lowest BCUT2D eigenvalue weighted by molar-refractivity contribution is 0.0713. The third-order valence-electron chi connectivity index (χ3n) is 4.79. The maximum atomic E-state index is 13.4. The molecule has 1 N–H and O–H groups in total. The molecule has 2 aliphatic heterocycles. The van der Waals surface area contributed by atoms with Gasteiger partial charge in [-0.1, -0.05) is 0 Å². The average Bonchev–Trinajstić information content (AvgIpc) is 2.70. The van der Waals surface area contributed by atoms with E-state index in [-0.39, 0.29) is 11.9 Å². The summed E-state index contributed by atoms with van der Waals surface area (Å²) in [5.41, 5.74) is 1.06. The number of ether oxygens (including phenoxy) is 2. The molecule has 0 bridgehead atoms. The SMILES string of the molecule is O=C(c1ccc2c(c1)OCCO2)N1CCCC(Nc2ccc(F)c(F)c2)C1. The molecule has 142 valence electrons. The van der Waals surface area contributed by atoms with Gasteiger partial charge in [-0.25, -0.2) is 8.78 Å². The minimum absolute atomic E-state index is 0.0234. The first-order valence-electron chi connectivity index (χ1n) is 9.00. The molecule has 0 aromatic heterocycles. The number of anilines is 1. The number of likely N-dealkylation sites (tertiary alicyclic amines) is 1. The van der Waals surface area contributed by atoms with Gasteiger partial charge in [0.25, 0.3) is 5.91 Å². The summed E-state index contributed by atoms with van der Waals surface area (Å²) in [5.74, 6) is -0.613. The molecular formula is C20H20F2N2O3. The fourth-order valence-corrected chi connectivity index (χ4v) is 3.46. The number of nitrogens with one attached hydrogen (secondary N) is 1. The zero-order chi connectivity index (χ0) is 18.8. The first-order chi connectivity index (χ1) is 13.1. The molecule has 0 spiro atoms. The Morgan fingerprint density at radius 3 is 2.67 bits per heavy atom. The predicted octanol–water partition coefficient (Wildman–Crippen LogP) is 3.45. The topological polar surface area (TPSA) is 50.8 Å². The molecule has 1 unspecified atom stereocenters. The van der Waals surface area contributed by atoms with E-state index in [0.717, 1.165) is 25.0 Å². The van der Waals surface area contributed by atoms with Gasteiger partial charge >= 0.3 is 0 Å². The highest BCUT2D eigenvalue weighted by Crippen LogP contribution is 2.31. The standard InChI is InChI=1S/C20H20F2N2O3/c21-16-5-4-14(11-17(16)22)23-15-2-1-7-24(12-15)20(25)13-3-6-18-19(10-13)27-9-8-26-18/h3-6,10-11,15,23H,1-2,7-9,12H2. The Hall–Kier alpha value is -2.83. The Balaban J connectivity index is 1.44. The number of hydrogen-bond acceptors (Lipinski definition) is 4. The number of nitrogens with zero attached hydrogens (tertiary/aromatic N) is 1. The smallest absolute Gasteiger partial charge is 0.254 e. The Bertz CT molecular complexity index is 859. The number of amides is 1. The number of carbonyl (C=O) groups excluding carboxylic acids is 1. The van der Waals surface area contributed by atoms with E-state index >= 15 is 0 Å². The van der Waals surface area contributed by atoms with Crippen molar-refractivity contribution in [3.05, 3.63) is 53.6 Å². The summed E-state index contributed by atoms with van der Waals surface area (Å²) < 4.78 is 37.5. The largest absolute Gasteiger partial charge is 0.486 e. The van der Waals surface area contributed by atoms with Gasteiger partial charge in [-0.05, 0) is 43.2 Å². The monoisotopic (exact) mass is 374 g/mol. The Kier molecular flexibility index (Phi) is 4.83. The summed E-state index contributed by atoms with van der Waals surface area (Å²) in [6, 6.07) is 8.91. The first kappa shape index (κ1) is 17.6. The molecule has 27 heavy (non-hydrogen) atoms. The molecule has 0 aliphatic carbocycles. The lowest BCUT2D eigenvalue weighted by atomic mass is 10.0. The molecule has 2 aliphatic rings. The van der Waals surface area contributed by atoms with Crippen LogP contribution in [0.15, 0.2) is 36.4 Å². The second-order valence-corrected chi connectivity index (χ2v) is 6.72. The van der Waals surface area contributed by atoms with Crippen molar-refractivity contribution in [3.63, 3.8) is 0 Å². The van der Waals surface area contributed by atoms with Crippen LogP contribution in [0.5, 0.6) is 11.5 Å². The van der Waals surface area contributed by atoms with Crippen LogP contribution in [0, 0.1) is 11.6 Å². The number of hydrogen-bond donors (Lipinski definition) is 1. The first-order valence-corrected chi connectivity index (χ1v) is 9.00. The van der Waals surface area contributed by atoms with Gasteiger partial charge in [-0.3, -0.25) is 4.79 Å². The molecule has 0 radical (unpaired) electrons. The van der Waals surface area contributed by atoms with E-state index in [2.05, 4.69) is 5.32 Å². The minimum Gasteiger partial charge on any atom is -0.486 e. The van der Waals surface area contributed by atoms with E-state index in [0.29, 0.717) is 49.1 Å². The zero-order valence-corrected chi connectivity index (χ0v) is 14.7. The summed E-state index contributed by atoms with van der Waals surface area (Å²) in [7, 11) is 0. The third kappa shape index (κ3) is 3.82. The highest BCUT2D eigenvalue weighted by atomic mass is 19.2. The summed E-state index contributed by atoms with van der Waals surface area (Å²) in [4.78, 5) is 14.6. The number of piperidine rings is 1. The Morgan fingerprint density at radius 1 is 1.04 bits per heavy atom. The van der Waals surface area contributed by atoms with E-state index in [4.69, 9.17) is 9.47 Å². The summed E-state index contributed by atoms with van der Waals surface area (Å²) in [6.07, 6.45) is 1.68. The van der Waals surface area contributed by atoms with E-state index in [1.165, 1.54) is 6.07 Å².